The van der Waals surface area contributed by atoms with Crippen LogP contribution in [0.1, 0.15) is 48.4 Å². The van der Waals surface area contributed by atoms with Gasteiger partial charge in [0.2, 0.25) is 0 Å². The van der Waals surface area contributed by atoms with Gasteiger partial charge in [-0.3, -0.25) is 4.79 Å². The largest absolute Gasteiger partial charge is 0.461 e. The fraction of sp³-hybridized carbons (Fsp3) is 0.348. The minimum atomic E-state index is -0.910. The number of Topliss-reactive ketones (excluding diaryl/α,β-unsaturated/α-hetero) is 1. The molecule has 148 valence electrons. The predicted molar refractivity (Wildman–Crippen MR) is 106 cm³/mol. The van der Waals surface area contributed by atoms with Crippen LogP contribution in [0.5, 0.6) is 0 Å². The Balaban J connectivity index is 2.05. The van der Waals surface area contributed by atoms with Gasteiger partial charge in [0, 0.05) is 11.0 Å². The summed E-state index contributed by atoms with van der Waals surface area (Å²) in [5.74, 6) is -2.11. The first kappa shape index (κ1) is 21.4. The summed E-state index contributed by atoms with van der Waals surface area (Å²) < 4.78 is 11.0. The standard InChI is InChI=1S/C23H26O5/c1-16(2)20(28-22(26)19(24)17-11-7-5-8-12-17)23(3,4)15-27-21(25)18-13-9-6-10-14-18/h5-14,16,20H,15H2,1-4H3. The molecule has 0 aromatic heterocycles. The number of hydrogen-bond donors (Lipinski definition) is 0. The van der Waals surface area contributed by atoms with Crippen molar-refractivity contribution in [3.8, 4) is 0 Å². The molecule has 0 aliphatic carbocycles. The van der Waals surface area contributed by atoms with Gasteiger partial charge in [-0.25, -0.2) is 9.59 Å². The van der Waals surface area contributed by atoms with Crippen LogP contribution in [0.4, 0.5) is 0 Å². The molecule has 1 atom stereocenters. The van der Waals surface area contributed by atoms with E-state index >= 15 is 0 Å². The first-order valence-electron chi connectivity index (χ1n) is 9.25. The molecule has 0 saturated heterocycles. The van der Waals surface area contributed by atoms with Crippen LogP contribution in [-0.2, 0) is 14.3 Å². The molecule has 2 rings (SSSR count). The second-order valence-corrected chi connectivity index (χ2v) is 7.70. The van der Waals surface area contributed by atoms with Crippen molar-refractivity contribution in [2.75, 3.05) is 6.61 Å². The molecule has 5 heteroatoms. The van der Waals surface area contributed by atoms with E-state index in [4.69, 9.17) is 9.47 Å². The summed E-state index contributed by atoms with van der Waals surface area (Å²) in [5, 5.41) is 0. The fourth-order valence-electron chi connectivity index (χ4n) is 3.07. The van der Waals surface area contributed by atoms with Gasteiger partial charge >= 0.3 is 11.9 Å². The summed E-state index contributed by atoms with van der Waals surface area (Å²) in [6, 6.07) is 17.0. The summed E-state index contributed by atoms with van der Waals surface area (Å²) >= 11 is 0. The van der Waals surface area contributed by atoms with Crippen molar-refractivity contribution in [3.63, 3.8) is 0 Å². The molecule has 1 unspecified atom stereocenters. The number of carbonyl (C=O) groups is 3. The third-order valence-electron chi connectivity index (χ3n) is 4.42. The van der Waals surface area contributed by atoms with Crippen LogP contribution in [-0.4, -0.2) is 30.4 Å². The number of rotatable bonds is 8. The monoisotopic (exact) mass is 382 g/mol. The zero-order chi connectivity index (χ0) is 20.7. The maximum atomic E-state index is 12.4. The molecule has 0 bridgehead atoms. The van der Waals surface area contributed by atoms with Crippen molar-refractivity contribution < 1.29 is 23.9 Å². The first-order valence-corrected chi connectivity index (χ1v) is 9.25. The van der Waals surface area contributed by atoms with E-state index in [1.807, 2.05) is 33.8 Å². The second kappa shape index (κ2) is 9.31. The Bertz CT molecular complexity index is 809. The minimum absolute atomic E-state index is 0.0520. The highest BCUT2D eigenvalue weighted by atomic mass is 16.6. The van der Waals surface area contributed by atoms with Crippen molar-refractivity contribution in [2.24, 2.45) is 11.3 Å². The van der Waals surface area contributed by atoms with Crippen molar-refractivity contribution in [3.05, 3.63) is 71.8 Å². The third kappa shape index (κ3) is 5.52. The summed E-state index contributed by atoms with van der Waals surface area (Å²) in [6.45, 7) is 7.53. The van der Waals surface area contributed by atoms with Crippen LogP contribution in [0.15, 0.2) is 60.7 Å². The zero-order valence-corrected chi connectivity index (χ0v) is 16.7. The molecule has 0 aliphatic rings. The highest BCUT2D eigenvalue weighted by Crippen LogP contribution is 2.30. The Kier molecular flexibility index (Phi) is 7.10. The molecule has 0 N–H and O–H groups in total. The molecule has 2 aromatic rings. The minimum Gasteiger partial charge on any atom is -0.461 e. The molecule has 2 aromatic carbocycles. The van der Waals surface area contributed by atoms with Gasteiger partial charge in [0.15, 0.2) is 0 Å². The third-order valence-corrected chi connectivity index (χ3v) is 4.42. The van der Waals surface area contributed by atoms with Gasteiger partial charge < -0.3 is 9.47 Å². The van der Waals surface area contributed by atoms with Crippen LogP contribution in [0.25, 0.3) is 0 Å². The van der Waals surface area contributed by atoms with Crippen molar-refractivity contribution >= 4 is 17.7 Å². The molecule has 5 nitrogen and oxygen atoms in total. The second-order valence-electron chi connectivity index (χ2n) is 7.70. The van der Waals surface area contributed by atoms with Crippen LogP contribution < -0.4 is 0 Å². The van der Waals surface area contributed by atoms with Gasteiger partial charge in [-0.05, 0) is 18.1 Å². The lowest BCUT2D eigenvalue weighted by Gasteiger charge is -2.35. The van der Waals surface area contributed by atoms with Crippen LogP contribution in [0, 0.1) is 11.3 Å². The molecule has 0 radical (unpaired) electrons. The molecule has 0 saturated carbocycles. The van der Waals surface area contributed by atoms with E-state index in [1.54, 1.807) is 54.6 Å². The lowest BCUT2D eigenvalue weighted by Crippen LogP contribution is -2.42. The number of ketones is 1. The first-order chi connectivity index (χ1) is 13.2. The number of ether oxygens (including phenoxy) is 2. The fourth-order valence-corrected chi connectivity index (χ4v) is 3.07. The van der Waals surface area contributed by atoms with Crippen LogP contribution in [0.3, 0.4) is 0 Å². The van der Waals surface area contributed by atoms with Crippen molar-refractivity contribution in [1.29, 1.82) is 0 Å². The average Bonchev–Trinajstić information content (AvgIpc) is 2.70. The molecule has 0 fully saturated rings. The maximum Gasteiger partial charge on any atom is 0.379 e. The summed E-state index contributed by atoms with van der Waals surface area (Å²) in [5.41, 5.74) is 0.0598. The van der Waals surface area contributed by atoms with E-state index in [-0.39, 0.29) is 18.1 Å². The van der Waals surface area contributed by atoms with Gasteiger partial charge in [0.05, 0.1) is 5.56 Å². The Morgan fingerprint density at radius 1 is 0.857 bits per heavy atom. The van der Waals surface area contributed by atoms with E-state index in [9.17, 15) is 14.4 Å². The lowest BCUT2D eigenvalue weighted by molar-refractivity contribution is -0.155. The van der Waals surface area contributed by atoms with Crippen LogP contribution in [0.2, 0.25) is 0 Å². The highest BCUT2D eigenvalue weighted by molar-refractivity contribution is 6.40. The van der Waals surface area contributed by atoms with Gasteiger partial charge in [-0.1, -0.05) is 76.2 Å². The Morgan fingerprint density at radius 3 is 1.86 bits per heavy atom. The zero-order valence-electron chi connectivity index (χ0n) is 16.7. The van der Waals surface area contributed by atoms with E-state index in [0.717, 1.165) is 0 Å². The summed E-state index contributed by atoms with van der Waals surface area (Å²) in [7, 11) is 0. The Hall–Kier alpha value is -2.95. The number of carbonyl (C=O) groups excluding carboxylic acids is 3. The van der Waals surface area contributed by atoms with Crippen molar-refractivity contribution in [2.45, 2.75) is 33.8 Å². The Labute approximate surface area is 165 Å². The van der Waals surface area contributed by atoms with E-state index < -0.39 is 29.2 Å². The van der Waals surface area contributed by atoms with E-state index in [0.29, 0.717) is 5.56 Å². The molecule has 0 heterocycles. The lowest BCUT2D eigenvalue weighted by atomic mass is 9.81. The van der Waals surface area contributed by atoms with Gasteiger partial charge in [-0.2, -0.15) is 0 Å². The SMILES string of the molecule is CC(C)C(OC(=O)C(=O)c1ccccc1)C(C)(C)COC(=O)c1ccccc1. The summed E-state index contributed by atoms with van der Waals surface area (Å²) in [6.07, 6.45) is -0.601. The molecule has 28 heavy (non-hydrogen) atoms. The normalized spacial score (nSPS) is 12.3. The van der Waals surface area contributed by atoms with Crippen molar-refractivity contribution in [1.82, 2.24) is 0 Å². The predicted octanol–water partition coefficient (Wildman–Crippen LogP) is 4.32. The van der Waals surface area contributed by atoms with Crippen LogP contribution >= 0.6 is 0 Å². The quantitative estimate of drug-likeness (QED) is 0.386. The van der Waals surface area contributed by atoms with E-state index in [1.165, 1.54) is 0 Å². The molecular weight excluding hydrogens is 356 g/mol. The van der Waals surface area contributed by atoms with E-state index in [2.05, 4.69) is 0 Å². The smallest absolute Gasteiger partial charge is 0.379 e. The van der Waals surface area contributed by atoms with Gasteiger partial charge in [0.25, 0.3) is 5.78 Å². The molecule has 0 amide bonds. The molecule has 0 aliphatic heterocycles. The number of esters is 2. The van der Waals surface area contributed by atoms with Gasteiger partial charge in [-0.15, -0.1) is 0 Å². The summed E-state index contributed by atoms with van der Waals surface area (Å²) in [4.78, 5) is 36.9. The number of benzene rings is 2. The topological polar surface area (TPSA) is 69.7 Å². The average molecular weight is 382 g/mol. The Morgan fingerprint density at radius 2 is 1.36 bits per heavy atom. The highest BCUT2D eigenvalue weighted by Gasteiger charge is 2.38. The van der Waals surface area contributed by atoms with Gasteiger partial charge in [0.1, 0.15) is 12.7 Å². The molecule has 0 spiro atoms. The number of hydrogen-bond acceptors (Lipinski definition) is 5. The maximum absolute atomic E-state index is 12.4. The molecular formula is C23H26O5.